The molecule has 1 aliphatic rings. The predicted molar refractivity (Wildman–Crippen MR) is 61.8 cm³/mol. The summed E-state index contributed by atoms with van der Waals surface area (Å²) in [5, 5.41) is 3.97. The highest BCUT2D eigenvalue weighted by Gasteiger charge is 2.67. The Bertz CT molecular complexity index is 381. The first-order valence-electron chi connectivity index (χ1n) is 5.91. The van der Waals surface area contributed by atoms with Gasteiger partial charge in [0.2, 0.25) is 5.89 Å². The van der Waals surface area contributed by atoms with Crippen molar-refractivity contribution in [3.05, 3.63) is 11.7 Å². The maximum Gasteiger partial charge on any atom is 0.230 e. The maximum atomic E-state index is 5.88. The number of hydrogen-bond acceptors (Lipinski definition) is 4. The molecule has 1 aliphatic carbocycles. The first-order chi connectivity index (χ1) is 7.32. The van der Waals surface area contributed by atoms with Crippen LogP contribution in [-0.2, 0) is 0 Å². The molecule has 4 heteroatoms. The molecule has 0 spiro atoms. The van der Waals surface area contributed by atoms with E-state index in [9.17, 15) is 0 Å². The van der Waals surface area contributed by atoms with Crippen LogP contribution in [0.1, 0.15) is 64.7 Å². The number of rotatable bonds is 3. The fraction of sp³-hybridized carbons (Fsp3) is 0.833. The van der Waals surface area contributed by atoms with Crippen LogP contribution in [0, 0.1) is 10.8 Å². The van der Waals surface area contributed by atoms with Crippen molar-refractivity contribution < 1.29 is 4.52 Å². The predicted octanol–water partition coefficient (Wildman–Crippen LogP) is 2.63. The van der Waals surface area contributed by atoms with Crippen molar-refractivity contribution in [1.82, 2.24) is 10.1 Å². The van der Waals surface area contributed by atoms with Gasteiger partial charge in [0.1, 0.15) is 0 Å². The second-order valence-corrected chi connectivity index (χ2v) is 5.88. The van der Waals surface area contributed by atoms with E-state index >= 15 is 0 Å². The van der Waals surface area contributed by atoms with Crippen molar-refractivity contribution >= 4 is 0 Å². The van der Waals surface area contributed by atoms with Crippen LogP contribution in [0.2, 0.25) is 0 Å². The molecular weight excluding hydrogens is 202 g/mol. The standard InChI is InChI=1S/C12H21N3O/c1-6-7(13)9-14-10(16-15-9)8-11(2,3)12(8,4)5/h7-8H,6,13H2,1-5H3. The quantitative estimate of drug-likeness (QED) is 0.855. The van der Waals surface area contributed by atoms with Gasteiger partial charge in [0.15, 0.2) is 5.82 Å². The lowest BCUT2D eigenvalue weighted by atomic mass is 10.0. The third-order valence-electron chi connectivity index (χ3n) is 4.50. The van der Waals surface area contributed by atoms with Gasteiger partial charge < -0.3 is 10.3 Å². The average molecular weight is 223 g/mol. The summed E-state index contributed by atoms with van der Waals surface area (Å²) in [6.07, 6.45) is 0.830. The molecular formula is C12H21N3O. The second-order valence-electron chi connectivity index (χ2n) is 5.88. The molecule has 1 unspecified atom stereocenters. The third kappa shape index (κ3) is 1.39. The molecule has 0 amide bonds. The summed E-state index contributed by atoms with van der Waals surface area (Å²) in [7, 11) is 0. The minimum Gasteiger partial charge on any atom is -0.339 e. The second kappa shape index (κ2) is 3.29. The van der Waals surface area contributed by atoms with Crippen molar-refractivity contribution in [3.63, 3.8) is 0 Å². The Morgan fingerprint density at radius 1 is 1.31 bits per heavy atom. The SMILES string of the molecule is CCC(N)c1noc(C2C(C)(C)C2(C)C)n1. The fourth-order valence-corrected chi connectivity index (χ4v) is 2.51. The largest absolute Gasteiger partial charge is 0.339 e. The third-order valence-corrected chi connectivity index (χ3v) is 4.50. The molecule has 90 valence electrons. The smallest absolute Gasteiger partial charge is 0.230 e. The van der Waals surface area contributed by atoms with E-state index in [2.05, 4.69) is 37.8 Å². The molecule has 1 atom stereocenters. The van der Waals surface area contributed by atoms with Crippen molar-refractivity contribution in [2.75, 3.05) is 0 Å². The summed E-state index contributed by atoms with van der Waals surface area (Å²) in [6.45, 7) is 11.0. The van der Waals surface area contributed by atoms with Crippen LogP contribution in [-0.4, -0.2) is 10.1 Å². The molecule has 1 saturated carbocycles. The monoisotopic (exact) mass is 223 g/mol. The Labute approximate surface area is 96.6 Å². The van der Waals surface area contributed by atoms with E-state index in [4.69, 9.17) is 10.3 Å². The Morgan fingerprint density at radius 3 is 2.31 bits per heavy atom. The van der Waals surface area contributed by atoms with Gasteiger partial charge in [-0.3, -0.25) is 0 Å². The molecule has 1 heterocycles. The van der Waals surface area contributed by atoms with Crippen LogP contribution in [0.15, 0.2) is 4.52 Å². The van der Waals surface area contributed by atoms with Crippen molar-refractivity contribution in [2.45, 2.75) is 53.0 Å². The van der Waals surface area contributed by atoms with Gasteiger partial charge in [0.25, 0.3) is 0 Å². The molecule has 0 saturated heterocycles. The lowest BCUT2D eigenvalue weighted by Gasteiger charge is -2.03. The Morgan fingerprint density at radius 2 is 1.88 bits per heavy atom. The van der Waals surface area contributed by atoms with Gasteiger partial charge in [0.05, 0.1) is 6.04 Å². The van der Waals surface area contributed by atoms with E-state index in [-0.39, 0.29) is 16.9 Å². The van der Waals surface area contributed by atoms with Gasteiger partial charge in [-0.2, -0.15) is 4.98 Å². The molecule has 0 aliphatic heterocycles. The Hall–Kier alpha value is -0.900. The highest BCUT2D eigenvalue weighted by atomic mass is 16.5. The Kier molecular flexibility index (Phi) is 2.38. The minimum absolute atomic E-state index is 0.109. The molecule has 16 heavy (non-hydrogen) atoms. The summed E-state index contributed by atoms with van der Waals surface area (Å²) >= 11 is 0. The lowest BCUT2D eigenvalue weighted by Crippen LogP contribution is -2.10. The van der Waals surface area contributed by atoms with E-state index in [1.165, 1.54) is 0 Å². The van der Waals surface area contributed by atoms with Crippen molar-refractivity contribution in [3.8, 4) is 0 Å². The summed E-state index contributed by atoms with van der Waals surface area (Å²) in [5.74, 6) is 1.73. The molecule has 1 fully saturated rings. The average Bonchev–Trinajstić information content (AvgIpc) is 2.60. The molecule has 1 aromatic heterocycles. The van der Waals surface area contributed by atoms with Crippen LogP contribution < -0.4 is 5.73 Å². The summed E-state index contributed by atoms with van der Waals surface area (Å²) in [6, 6.07) is -0.109. The van der Waals surface area contributed by atoms with Crippen LogP contribution in [0.3, 0.4) is 0 Å². The maximum absolute atomic E-state index is 5.88. The van der Waals surface area contributed by atoms with Gasteiger partial charge in [-0.05, 0) is 17.3 Å². The van der Waals surface area contributed by atoms with Gasteiger partial charge in [0, 0.05) is 5.92 Å². The zero-order valence-corrected chi connectivity index (χ0v) is 10.7. The van der Waals surface area contributed by atoms with E-state index < -0.39 is 0 Å². The van der Waals surface area contributed by atoms with E-state index in [1.54, 1.807) is 0 Å². The van der Waals surface area contributed by atoms with Gasteiger partial charge in [-0.15, -0.1) is 0 Å². The zero-order chi connectivity index (χ0) is 12.1. The van der Waals surface area contributed by atoms with E-state index in [0.29, 0.717) is 11.7 Å². The lowest BCUT2D eigenvalue weighted by molar-refractivity contribution is 0.357. The minimum atomic E-state index is -0.109. The zero-order valence-electron chi connectivity index (χ0n) is 10.7. The molecule has 0 radical (unpaired) electrons. The number of hydrogen-bond donors (Lipinski definition) is 1. The fourth-order valence-electron chi connectivity index (χ4n) is 2.51. The molecule has 1 aromatic rings. The highest BCUT2D eigenvalue weighted by Crippen LogP contribution is 2.73. The first-order valence-corrected chi connectivity index (χ1v) is 5.91. The summed E-state index contributed by atoms with van der Waals surface area (Å²) in [5.41, 5.74) is 6.34. The number of aromatic nitrogens is 2. The molecule has 0 bridgehead atoms. The van der Waals surface area contributed by atoms with Gasteiger partial charge in [-0.25, -0.2) is 0 Å². The Balaban J connectivity index is 2.22. The van der Waals surface area contributed by atoms with E-state index in [0.717, 1.165) is 12.3 Å². The van der Waals surface area contributed by atoms with Gasteiger partial charge >= 0.3 is 0 Å². The van der Waals surface area contributed by atoms with Crippen molar-refractivity contribution in [1.29, 1.82) is 0 Å². The molecule has 0 aromatic carbocycles. The van der Waals surface area contributed by atoms with Crippen LogP contribution in [0.5, 0.6) is 0 Å². The van der Waals surface area contributed by atoms with Crippen LogP contribution in [0.4, 0.5) is 0 Å². The number of nitrogens with zero attached hydrogens (tertiary/aromatic N) is 2. The van der Waals surface area contributed by atoms with E-state index in [1.807, 2.05) is 6.92 Å². The molecule has 4 nitrogen and oxygen atoms in total. The first kappa shape index (κ1) is 11.6. The molecule has 2 N–H and O–H groups in total. The normalized spacial score (nSPS) is 24.4. The van der Waals surface area contributed by atoms with Gasteiger partial charge in [-0.1, -0.05) is 39.8 Å². The number of nitrogens with two attached hydrogens (primary N) is 1. The van der Waals surface area contributed by atoms with Crippen molar-refractivity contribution in [2.24, 2.45) is 16.6 Å². The van der Waals surface area contributed by atoms with Crippen LogP contribution in [0.25, 0.3) is 0 Å². The van der Waals surface area contributed by atoms with Crippen LogP contribution >= 0.6 is 0 Å². The molecule has 2 rings (SSSR count). The summed E-state index contributed by atoms with van der Waals surface area (Å²) < 4.78 is 5.34. The summed E-state index contributed by atoms with van der Waals surface area (Å²) in [4.78, 5) is 4.43. The topological polar surface area (TPSA) is 64.9 Å². The highest BCUT2D eigenvalue weighted by molar-refractivity contribution is 5.25.